The van der Waals surface area contributed by atoms with Crippen LogP contribution in [-0.2, 0) is 20.0 Å². The van der Waals surface area contributed by atoms with E-state index in [2.05, 4.69) is 9.44 Å². The van der Waals surface area contributed by atoms with Crippen molar-refractivity contribution in [2.45, 2.75) is 36.6 Å². The van der Waals surface area contributed by atoms with Crippen LogP contribution in [0.2, 0.25) is 0 Å². The van der Waals surface area contributed by atoms with Crippen molar-refractivity contribution in [1.82, 2.24) is 9.44 Å². The van der Waals surface area contributed by atoms with Crippen LogP contribution in [0.5, 0.6) is 0 Å². The maximum Gasteiger partial charge on any atom is 0.241 e. The minimum atomic E-state index is -3.73. The first-order chi connectivity index (χ1) is 11.6. The van der Waals surface area contributed by atoms with Crippen LogP contribution in [-0.4, -0.2) is 23.4 Å². The van der Waals surface area contributed by atoms with Crippen molar-refractivity contribution >= 4 is 31.4 Å². The molecule has 0 fully saturated rings. The minimum Gasteiger partial charge on any atom is -0.211 e. The molecule has 1 aromatic heterocycles. The van der Waals surface area contributed by atoms with Gasteiger partial charge in [0.15, 0.2) is 0 Å². The molecule has 0 unspecified atom stereocenters. The average Bonchev–Trinajstić information content (AvgIpc) is 3.07. The molecular weight excluding hydrogens is 380 g/mol. The van der Waals surface area contributed by atoms with Gasteiger partial charge in [-0.2, -0.15) is 0 Å². The number of sulfonamides is 2. The van der Waals surface area contributed by atoms with Crippen LogP contribution < -0.4 is 9.44 Å². The summed E-state index contributed by atoms with van der Waals surface area (Å²) in [5.41, 5.74) is 0. The Labute approximate surface area is 153 Å². The van der Waals surface area contributed by atoms with E-state index >= 15 is 0 Å². The van der Waals surface area contributed by atoms with Crippen LogP contribution in [0.25, 0.3) is 0 Å². The zero-order chi connectivity index (χ0) is 18.7. The van der Waals surface area contributed by atoms with Gasteiger partial charge in [-0.1, -0.05) is 19.9 Å². The molecule has 25 heavy (non-hydrogen) atoms. The van der Waals surface area contributed by atoms with Crippen LogP contribution in [0.1, 0.15) is 31.7 Å². The molecule has 0 amide bonds. The fraction of sp³-hybridized carbons (Fsp3) is 0.375. The van der Waals surface area contributed by atoms with E-state index in [1.54, 1.807) is 6.92 Å². The lowest BCUT2D eigenvalue weighted by molar-refractivity contribution is 0.559. The van der Waals surface area contributed by atoms with Crippen molar-refractivity contribution in [3.8, 4) is 0 Å². The zero-order valence-electron chi connectivity index (χ0n) is 14.3. The lowest BCUT2D eigenvalue weighted by Gasteiger charge is -2.13. The topological polar surface area (TPSA) is 92.3 Å². The molecule has 0 bridgehead atoms. The summed E-state index contributed by atoms with van der Waals surface area (Å²) in [5.74, 6) is 0.178. The lowest BCUT2D eigenvalue weighted by Crippen LogP contribution is -2.28. The summed E-state index contributed by atoms with van der Waals surface area (Å²) in [5, 5.41) is 1.88. The molecule has 0 radical (unpaired) electrons. The Balaban J connectivity index is 2.15. The zero-order valence-corrected chi connectivity index (χ0v) is 16.7. The van der Waals surface area contributed by atoms with Crippen LogP contribution in [0.15, 0.2) is 51.6 Å². The summed E-state index contributed by atoms with van der Waals surface area (Å²) >= 11 is 1.47. The van der Waals surface area contributed by atoms with E-state index in [4.69, 9.17) is 0 Å². The third kappa shape index (κ3) is 5.35. The van der Waals surface area contributed by atoms with E-state index in [1.807, 2.05) is 31.4 Å². The van der Waals surface area contributed by atoms with Gasteiger partial charge >= 0.3 is 0 Å². The number of thiophene rings is 1. The molecule has 1 aromatic carbocycles. The average molecular weight is 403 g/mol. The van der Waals surface area contributed by atoms with Gasteiger partial charge in [0.1, 0.15) is 0 Å². The maximum absolute atomic E-state index is 12.4. The Morgan fingerprint density at radius 2 is 1.48 bits per heavy atom. The summed E-state index contributed by atoms with van der Waals surface area (Å²) in [6, 6.07) is 8.55. The van der Waals surface area contributed by atoms with Crippen molar-refractivity contribution in [1.29, 1.82) is 0 Å². The van der Waals surface area contributed by atoms with Gasteiger partial charge in [0, 0.05) is 11.4 Å². The van der Waals surface area contributed by atoms with Crippen molar-refractivity contribution in [2.24, 2.45) is 5.92 Å². The first kappa shape index (κ1) is 20.1. The van der Waals surface area contributed by atoms with E-state index in [0.29, 0.717) is 6.54 Å². The van der Waals surface area contributed by atoms with Crippen LogP contribution in [0.3, 0.4) is 0 Å². The van der Waals surface area contributed by atoms with Gasteiger partial charge < -0.3 is 0 Å². The predicted molar refractivity (Wildman–Crippen MR) is 99.5 cm³/mol. The third-order valence-corrected chi connectivity index (χ3v) is 7.48. The van der Waals surface area contributed by atoms with E-state index in [0.717, 1.165) is 4.88 Å². The molecule has 0 aliphatic heterocycles. The highest BCUT2D eigenvalue weighted by Crippen LogP contribution is 2.21. The maximum atomic E-state index is 12.4. The SMILES string of the molecule is CC(C)CNS(=O)(=O)c1ccc(S(=O)(=O)N[C@H](C)c2cccs2)cc1. The van der Waals surface area contributed by atoms with Crippen molar-refractivity contribution in [3.63, 3.8) is 0 Å². The Bertz CT molecular complexity index is 887. The Morgan fingerprint density at radius 1 is 0.920 bits per heavy atom. The summed E-state index contributed by atoms with van der Waals surface area (Å²) in [6.45, 7) is 5.89. The van der Waals surface area contributed by atoms with Crippen LogP contribution in [0, 0.1) is 5.92 Å². The van der Waals surface area contributed by atoms with Crippen molar-refractivity contribution < 1.29 is 16.8 Å². The molecule has 2 aromatic rings. The largest absolute Gasteiger partial charge is 0.241 e. The van der Waals surface area contributed by atoms with Gasteiger partial charge in [-0.25, -0.2) is 26.3 Å². The molecule has 2 N–H and O–H groups in total. The van der Waals surface area contributed by atoms with Gasteiger partial charge in [-0.05, 0) is 48.6 Å². The highest BCUT2D eigenvalue weighted by atomic mass is 32.2. The monoisotopic (exact) mass is 402 g/mol. The molecule has 9 heteroatoms. The fourth-order valence-corrected chi connectivity index (χ4v) is 5.30. The van der Waals surface area contributed by atoms with E-state index in [9.17, 15) is 16.8 Å². The quantitative estimate of drug-likeness (QED) is 0.710. The molecule has 0 spiro atoms. The van der Waals surface area contributed by atoms with Gasteiger partial charge in [-0.3, -0.25) is 0 Å². The third-order valence-electron chi connectivity index (χ3n) is 3.43. The number of benzene rings is 1. The molecule has 138 valence electrons. The molecule has 1 heterocycles. The van der Waals surface area contributed by atoms with Gasteiger partial charge in [0.2, 0.25) is 20.0 Å². The second-order valence-electron chi connectivity index (χ2n) is 6.08. The summed E-state index contributed by atoms with van der Waals surface area (Å²) in [6.07, 6.45) is 0. The fourth-order valence-electron chi connectivity index (χ4n) is 2.05. The Hall–Kier alpha value is -1.26. The van der Waals surface area contributed by atoms with Crippen molar-refractivity contribution in [2.75, 3.05) is 6.54 Å². The first-order valence-corrected chi connectivity index (χ1v) is 11.6. The van der Waals surface area contributed by atoms with Crippen molar-refractivity contribution in [3.05, 3.63) is 46.7 Å². The Morgan fingerprint density at radius 3 is 1.96 bits per heavy atom. The van der Waals surface area contributed by atoms with Gasteiger partial charge in [0.25, 0.3) is 0 Å². The number of hydrogen-bond acceptors (Lipinski definition) is 5. The number of rotatable bonds is 8. The van der Waals surface area contributed by atoms with Gasteiger partial charge in [-0.15, -0.1) is 11.3 Å². The standard InChI is InChI=1S/C16H22N2O4S3/c1-12(2)11-17-24(19,20)14-6-8-15(9-7-14)25(21,22)18-13(3)16-5-4-10-23-16/h4-10,12-13,17-18H,11H2,1-3H3/t13-/m1/s1. The molecule has 0 aliphatic rings. The highest BCUT2D eigenvalue weighted by Gasteiger charge is 2.20. The number of nitrogens with one attached hydrogen (secondary N) is 2. The second kappa shape index (κ2) is 7.96. The minimum absolute atomic E-state index is 0.0266. The van der Waals surface area contributed by atoms with Gasteiger partial charge in [0.05, 0.1) is 15.8 Å². The summed E-state index contributed by atoms with van der Waals surface area (Å²) < 4.78 is 54.3. The molecule has 6 nitrogen and oxygen atoms in total. The first-order valence-electron chi connectivity index (χ1n) is 7.77. The molecule has 0 saturated carbocycles. The predicted octanol–water partition coefficient (Wildman–Crippen LogP) is 2.72. The van der Waals surface area contributed by atoms with E-state index < -0.39 is 20.0 Å². The van der Waals surface area contributed by atoms with Crippen LogP contribution in [0.4, 0.5) is 0 Å². The van der Waals surface area contributed by atoms with E-state index in [-0.39, 0.29) is 21.8 Å². The summed E-state index contributed by atoms with van der Waals surface area (Å²) in [7, 11) is -7.37. The molecule has 0 saturated heterocycles. The smallest absolute Gasteiger partial charge is 0.211 e. The molecular formula is C16H22N2O4S3. The summed E-state index contributed by atoms with van der Waals surface area (Å²) in [4.78, 5) is 0.970. The second-order valence-corrected chi connectivity index (χ2v) is 10.5. The molecule has 1 atom stereocenters. The number of hydrogen-bond donors (Lipinski definition) is 2. The normalized spacial score (nSPS) is 13.9. The molecule has 2 rings (SSSR count). The Kier molecular flexibility index (Phi) is 6.39. The van der Waals surface area contributed by atoms with E-state index in [1.165, 1.54) is 35.6 Å². The highest BCUT2D eigenvalue weighted by molar-refractivity contribution is 7.90. The lowest BCUT2D eigenvalue weighted by atomic mass is 10.2. The molecule has 0 aliphatic carbocycles. The van der Waals surface area contributed by atoms with Crippen LogP contribution >= 0.6 is 11.3 Å².